The van der Waals surface area contributed by atoms with Crippen LogP contribution in [0.2, 0.25) is 5.02 Å². The molecule has 1 aliphatic carbocycles. The Kier molecular flexibility index (Phi) is 10.2. The van der Waals surface area contributed by atoms with Crippen molar-refractivity contribution in [3.63, 3.8) is 0 Å². The van der Waals surface area contributed by atoms with Gasteiger partial charge in [-0.2, -0.15) is 5.26 Å². The van der Waals surface area contributed by atoms with Gasteiger partial charge in [0.25, 0.3) is 5.91 Å². The van der Waals surface area contributed by atoms with Gasteiger partial charge in [-0.15, -0.1) is 0 Å². The average Bonchev–Trinajstić information content (AvgIpc) is 3.62. The molecule has 4 aliphatic rings. The highest BCUT2D eigenvalue weighted by Gasteiger charge is 2.64. The zero-order chi connectivity index (χ0) is 40.1. The van der Waals surface area contributed by atoms with Crippen LogP contribution in [0.15, 0.2) is 61.1 Å². The number of nitriles is 1. The van der Waals surface area contributed by atoms with E-state index in [1.54, 1.807) is 35.5 Å². The van der Waals surface area contributed by atoms with E-state index in [2.05, 4.69) is 76.2 Å². The Bertz CT molecular complexity index is 2200. The normalized spacial score (nSPS) is 22.5. The van der Waals surface area contributed by atoms with Gasteiger partial charge in [0.05, 0.1) is 22.3 Å². The van der Waals surface area contributed by atoms with Crippen molar-refractivity contribution in [3.8, 4) is 11.8 Å². The molecular weight excluding hydrogens is 744 g/mol. The minimum atomic E-state index is -0.416. The van der Waals surface area contributed by atoms with Crippen LogP contribution >= 0.6 is 11.6 Å². The van der Waals surface area contributed by atoms with Crippen LogP contribution in [-0.4, -0.2) is 102 Å². The fourth-order valence-corrected chi connectivity index (χ4v) is 9.76. The van der Waals surface area contributed by atoms with Crippen LogP contribution in [0.3, 0.4) is 0 Å². The summed E-state index contributed by atoms with van der Waals surface area (Å²) in [4.78, 5) is 55.6. The third kappa shape index (κ3) is 7.46. The molecule has 298 valence electrons. The van der Waals surface area contributed by atoms with Crippen molar-refractivity contribution in [1.29, 1.82) is 5.26 Å². The van der Waals surface area contributed by atoms with Crippen molar-refractivity contribution in [3.05, 3.63) is 77.2 Å². The van der Waals surface area contributed by atoms with E-state index in [1.165, 1.54) is 0 Å². The summed E-state index contributed by atoms with van der Waals surface area (Å²) >= 11 is 6.25. The third-order valence-corrected chi connectivity index (χ3v) is 12.8. The summed E-state index contributed by atoms with van der Waals surface area (Å²) in [6.07, 6.45) is 7.60. The maximum absolute atomic E-state index is 13.5. The molecule has 3 saturated heterocycles. The number of rotatable bonds is 9. The van der Waals surface area contributed by atoms with Crippen molar-refractivity contribution >= 4 is 52.4 Å². The first-order valence-electron chi connectivity index (χ1n) is 19.8. The first-order valence-corrected chi connectivity index (χ1v) is 20.1. The molecule has 6 heterocycles. The molecule has 4 amide bonds. The van der Waals surface area contributed by atoms with Gasteiger partial charge < -0.3 is 19.9 Å². The van der Waals surface area contributed by atoms with Gasteiger partial charge in [0, 0.05) is 106 Å². The van der Waals surface area contributed by atoms with Gasteiger partial charge in [-0.25, -0.2) is 14.8 Å². The summed E-state index contributed by atoms with van der Waals surface area (Å²) in [5.74, 6) is 2.36. The molecule has 14 nitrogen and oxygen atoms in total. The number of fused-ring (bicyclic) bond motifs is 1. The maximum Gasteiger partial charge on any atom is 0.329 e. The second-order valence-electron chi connectivity index (χ2n) is 16.9. The summed E-state index contributed by atoms with van der Waals surface area (Å²) in [7, 11) is 0. The lowest BCUT2D eigenvalue weighted by Gasteiger charge is -2.63. The zero-order valence-corrected chi connectivity index (χ0v) is 33.6. The second-order valence-corrected chi connectivity index (χ2v) is 17.3. The molecule has 1 saturated carbocycles. The van der Waals surface area contributed by atoms with Crippen LogP contribution < -0.4 is 30.1 Å². The molecule has 0 radical (unpaired) electrons. The molecule has 8 rings (SSSR count). The van der Waals surface area contributed by atoms with Crippen LogP contribution in [0.25, 0.3) is 5.65 Å². The number of carbonyl (C=O) groups is 3. The van der Waals surface area contributed by atoms with E-state index in [4.69, 9.17) is 21.3 Å². The van der Waals surface area contributed by atoms with Crippen molar-refractivity contribution in [2.24, 2.45) is 16.7 Å². The SMILES string of the molecule is CC1(C)C(NC(=O)c2ccc(N3CCC(CN4CCN(c5ccn6c(N7CCC(=O)NC7=O)cnc6c5)CC4)CC3)nc2)C(C)(C)C1Oc1ccc(C#N)c(Cl)c1. The van der Waals surface area contributed by atoms with Crippen LogP contribution in [0.1, 0.15) is 62.9 Å². The lowest BCUT2D eigenvalue weighted by molar-refractivity contribution is -0.164. The minimum Gasteiger partial charge on any atom is -0.489 e. The van der Waals surface area contributed by atoms with Gasteiger partial charge in [-0.05, 0) is 49.1 Å². The summed E-state index contributed by atoms with van der Waals surface area (Å²) in [5, 5.41) is 15.2. The van der Waals surface area contributed by atoms with Crippen molar-refractivity contribution in [1.82, 2.24) is 29.9 Å². The first kappa shape index (κ1) is 38.5. The lowest BCUT2D eigenvalue weighted by atomic mass is 9.49. The number of carbonyl (C=O) groups excluding carboxylic acids is 3. The fraction of sp³-hybridized carbons (Fsp3) is 0.476. The van der Waals surface area contributed by atoms with Crippen molar-refractivity contribution in [2.75, 3.05) is 67.1 Å². The third-order valence-electron chi connectivity index (χ3n) is 12.4. The number of piperidine rings is 1. The number of urea groups is 1. The number of pyridine rings is 2. The van der Waals surface area contributed by atoms with Crippen LogP contribution in [0.4, 0.5) is 22.1 Å². The Morgan fingerprint density at radius 3 is 2.37 bits per heavy atom. The molecule has 1 aromatic carbocycles. The molecule has 3 aromatic heterocycles. The Hall–Kier alpha value is -5.39. The number of hydrogen-bond acceptors (Lipinski definition) is 10. The van der Waals surface area contributed by atoms with Gasteiger partial charge in [0.2, 0.25) is 5.91 Å². The molecule has 4 fully saturated rings. The number of imide groups is 1. The number of halogens is 1. The first-order chi connectivity index (χ1) is 27.3. The standard InChI is InChI=1S/C42H49ClN10O4/c1-41(2)38(42(3,4)39(41)57-31-7-5-28(23-44)32(43)22-31)48-37(55)29-6-8-33(45-24-29)51-13-9-27(10-14-51)26-49-17-19-50(20-18-49)30-11-15-52-34(21-30)46-25-36(52)53-16-12-35(54)47-40(53)56/h5-8,11,15,21-22,24-25,27,38-39H,9-10,12-14,16-20,26H2,1-4H3,(H,48,55)(H,47,54,56). The molecule has 4 aromatic rings. The van der Waals surface area contributed by atoms with Crippen LogP contribution in [-0.2, 0) is 4.79 Å². The van der Waals surface area contributed by atoms with E-state index in [9.17, 15) is 19.6 Å². The molecule has 0 atom stereocenters. The molecule has 0 spiro atoms. The highest BCUT2D eigenvalue weighted by Crippen LogP contribution is 2.55. The molecule has 0 unspecified atom stereocenters. The number of hydrogen-bond donors (Lipinski definition) is 2. The number of amides is 4. The predicted molar refractivity (Wildman–Crippen MR) is 218 cm³/mol. The number of piperazine rings is 1. The van der Waals surface area contributed by atoms with E-state index in [0.717, 1.165) is 75.8 Å². The average molecular weight is 793 g/mol. The van der Waals surface area contributed by atoms with Gasteiger partial charge >= 0.3 is 6.03 Å². The summed E-state index contributed by atoms with van der Waals surface area (Å²) in [6, 6.07) is 14.6. The monoisotopic (exact) mass is 792 g/mol. The Morgan fingerprint density at radius 2 is 1.70 bits per heavy atom. The van der Waals surface area contributed by atoms with Crippen molar-refractivity contribution in [2.45, 2.75) is 59.1 Å². The fourth-order valence-electron chi connectivity index (χ4n) is 9.55. The summed E-state index contributed by atoms with van der Waals surface area (Å²) in [6.45, 7) is 15.5. The van der Waals surface area contributed by atoms with Crippen LogP contribution in [0, 0.1) is 28.1 Å². The van der Waals surface area contributed by atoms with E-state index < -0.39 is 6.03 Å². The van der Waals surface area contributed by atoms with E-state index in [0.29, 0.717) is 40.2 Å². The molecule has 3 aliphatic heterocycles. The molecule has 57 heavy (non-hydrogen) atoms. The largest absolute Gasteiger partial charge is 0.489 e. The summed E-state index contributed by atoms with van der Waals surface area (Å²) in [5.41, 5.74) is 2.10. The van der Waals surface area contributed by atoms with Gasteiger partial charge in [-0.3, -0.25) is 29.1 Å². The maximum atomic E-state index is 13.5. The Labute approximate surface area is 337 Å². The van der Waals surface area contributed by atoms with Gasteiger partial charge in [-0.1, -0.05) is 39.3 Å². The van der Waals surface area contributed by atoms with Crippen LogP contribution in [0.5, 0.6) is 5.75 Å². The zero-order valence-electron chi connectivity index (χ0n) is 32.9. The highest BCUT2D eigenvalue weighted by molar-refractivity contribution is 6.31. The smallest absolute Gasteiger partial charge is 0.329 e. The number of anilines is 3. The molecule has 0 bridgehead atoms. The van der Waals surface area contributed by atoms with Gasteiger partial charge in [0.15, 0.2) is 0 Å². The second kappa shape index (κ2) is 15.2. The number of imidazole rings is 1. The number of ether oxygens (including phenoxy) is 1. The number of nitrogens with one attached hydrogen (secondary N) is 2. The molecule has 15 heteroatoms. The molecular formula is C42H49ClN10O4. The lowest BCUT2D eigenvalue weighted by Crippen LogP contribution is -2.74. The van der Waals surface area contributed by atoms with E-state index in [-0.39, 0.29) is 41.2 Å². The van der Waals surface area contributed by atoms with Crippen molar-refractivity contribution < 1.29 is 19.1 Å². The molecule has 2 N–H and O–H groups in total. The summed E-state index contributed by atoms with van der Waals surface area (Å²) < 4.78 is 8.27. The number of aromatic nitrogens is 3. The number of benzene rings is 1. The van der Waals surface area contributed by atoms with E-state index in [1.807, 2.05) is 22.7 Å². The number of nitrogens with zero attached hydrogens (tertiary/aromatic N) is 8. The predicted octanol–water partition coefficient (Wildman–Crippen LogP) is 5.35. The Morgan fingerprint density at radius 1 is 0.947 bits per heavy atom. The van der Waals surface area contributed by atoms with E-state index >= 15 is 0 Å². The van der Waals surface area contributed by atoms with Gasteiger partial charge in [0.1, 0.15) is 35.2 Å². The quantitative estimate of drug-likeness (QED) is 0.227. The Balaban J connectivity index is 0.788. The minimum absolute atomic E-state index is 0.134. The topological polar surface area (TPSA) is 151 Å². The highest BCUT2D eigenvalue weighted by atomic mass is 35.5.